The van der Waals surface area contributed by atoms with Crippen LogP contribution in [0.5, 0.6) is 5.75 Å². The third-order valence-electron chi connectivity index (χ3n) is 5.11. The lowest BCUT2D eigenvalue weighted by Crippen LogP contribution is -2.47. The molecule has 0 radical (unpaired) electrons. The molecule has 7 nitrogen and oxygen atoms in total. The molecule has 2 heterocycles. The number of phenolic OH excluding ortho intramolecular Hbond substituents is 1. The van der Waals surface area contributed by atoms with Crippen molar-refractivity contribution in [3.05, 3.63) is 53.9 Å². The number of nitrogens with zero attached hydrogens (tertiary/aromatic N) is 4. The van der Waals surface area contributed by atoms with Gasteiger partial charge in [-0.15, -0.1) is 0 Å². The number of benzene rings is 2. The number of phenols is 1. The summed E-state index contributed by atoms with van der Waals surface area (Å²) < 4.78 is 2.02. The molecular formula is C20H21N5O2. The SMILES string of the molecule is Cc1nc2cc(O)ccc2n1-c1cccc([C@]2(C)CC(=O)N(C)C(N)=N2)c1. The number of carbonyl (C=O) groups is 1. The monoisotopic (exact) mass is 363 g/mol. The van der Waals surface area contributed by atoms with E-state index in [-0.39, 0.29) is 24.0 Å². The zero-order valence-electron chi connectivity index (χ0n) is 15.5. The van der Waals surface area contributed by atoms with Gasteiger partial charge in [0.2, 0.25) is 5.91 Å². The summed E-state index contributed by atoms with van der Waals surface area (Å²) in [7, 11) is 1.63. The average molecular weight is 363 g/mol. The summed E-state index contributed by atoms with van der Waals surface area (Å²) in [5.41, 5.74) is 8.67. The van der Waals surface area contributed by atoms with Crippen LogP contribution < -0.4 is 5.73 Å². The van der Waals surface area contributed by atoms with E-state index in [2.05, 4.69) is 9.98 Å². The largest absolute Gasteiger partial charge is 0.508 e. The molecule has 2 aromatic carbocycles. The fourth-order valence-electron chi connectivity index (χ4n) is 3.57. The highest BCUT2D eigenvalue weighted by atomic mass is 16.3. The fraction of sp³-hybridized carbons (Fsp3) is 0.250. The maximum absolute atomic E-state index is 12.3. The van der Waals surface area contributed by atoms with Crippen molar-refractivity contribution in [2.75, 3.05) is 7.05 Å². The highest BCUT2D eigenvalue weighted by molar-refractivity contribution is 5.98. The first-order valence-electron chi connectivity index (χ1n) is 8.69. The maximum atomic E-state index is 12.3. The highest BCUT2D eigenvalue weighted by Gasteiger charge is 2.36. The van der Waals surface area contributed by atoms with Crippen LogP contribution in [0.3, 0.4) is 0 Å². The van der Waals surface area contributed by atoms with Gasteiger partial charge in [-0.05, 0) is 43.7 Å². The number of hydrogen-bond donors (Lipinski definition) is 2. The molecule has 0 fully saturated rings. The molecule has 0 spiro atoms. The molecule has 138 valence electrons. The lowest BCUT2D eigenvalue weighted by Gasteiger charge is -2.33. The number of rotatable bonds is 2. The number of amides is 1. The van der Waals surface area contributed by atoms with Crippen molar-refractivity contribution in [3.63, 3.8) is 0 Å². The molecule has 7 heteroatoms. The molecule has 3 aromatic rings. The van der Waals surface area contributed by atoms with Gasteiger partial charge >= 0.3 is 0 Å². The number of imidazole rings is 1. The van der Waals surface area contributed by atoms with Crippen LogP contribution in [0.4, 0.5) is 0 Å². The summed E-state index contributed by atoms with van der Waals surface area (Å²) in [5.74, 6) is 1.15. The smallest absolute Gasteiger partial charge is 0.231 e. The molecule has 1 aliphatic rings. The second kappa shape index (κ2) is 5.84. The van der Waals surface area contributed by atoms with Crippen molar-refractivity contribution in [2.24, 2.45) is 10.7 Å². The van der Waals surface area contributed by atoms with Crippen LogP contribution in [0, 0.1) is 6.92 Å². The van der Waals surface area contributed by atoms with E-state index in [0.29, 0.717) is 0 Å². The molecule has 0 saturated heterocycles. The molecular weight excluding hydrogens is 342 g/mol. The summed E-state index contributed by atoms with van der Waals surface area (Å²) in [6, 6.07) is 13.0. The highest BCUT2D eigenvalue weighted by Crippen LogP contribution is 2.34. The normalized spacial score (nSPS) is 20.2. The van der Waals surface area contributed by atoms with E-state index < -0.39 is 5.54 Å². The summed E-state index contributed by atoms with van der Waals surface area (Å²) >= 11 is 0. The van der Waals surface area contributed by atoms with E-state index in [1.54, 1.807) is 19.2 Å². The lowest BCUT2D eigenvalue weighted by molar-refractivity contribution is -0.128. The second-order valence-electron chi connectivity index (χ2n) is 7.09. The van der Waals surface area contributed by atoms with E-state index >= 15 is 0 Å². The minimum absolute atomic E-state index is 0.0601. The number of hydrogen-bond acceptors (Lipinski definition) is 5. The van der Waals surface area contributed by atoms with Crippen LogP contribution >= 0.6 is 0 Å². The van der Waals surface area contributed by atoms with Crippen LogP contribution in [-0.2, 0) is 10.3 Å². The third-order valence-corrected chi connectivity index (χ3v) is 5.11. The first-order valence-corrected chi connectivity index (χ1v) is 8.69. The Morgan fingerprint density at radius 2 is 2.00 bits per heavy atom. The number of fused-ring (bicyclic) bond motifs is 1. The molecule has 0 bridgehead atoms. The summed E-state index contributed by atoms with van der Waals surface area (Å²) in [6.07, 6.45) is 0.255. The number of aromatic nitrogens is 2. The molecule has 1 aromatic heterocycles. The lowest BCUT2D eigenvalue weighted by atomic mass is 9.87. The molecule has 4 rings (SSSR count). The van der Waals surface area contributed by atoms with Crippen molar-refractivity contribution < 1.29 is 9.90 Å². The Morgan fingerprint density at radius 1 is 1.22 bits per heavy atom. The quantitative estimate of drug-likeness (QED) is 0.731. The standard InChI is InChI=1S/C20H21N5O2/c1-12-22-16-10-15(26)7-8-17(16)25(12)14-6-4-5-13(9-14)20(2)11-18(27)24(3)19(21)23-20/h4-10,26H,11H2,1-3H3,(H2,21,23)/t20-/m0/s1. The first-order chi connectivity index (χ1) is 12.8. The molecule has 27 heavy (non-hydrogen) atoms. The van der Waals surface area contributed by atoms with Gasteiger partial charge in [0.05, 0.1) is 23.0 Å². The first kappa shape index (κ1) is 17.1. The van der Waals surface area contributed by atoms with Gasteiger partial charge in [0.15, 0.2) is 5.96 Å². The van der Waals surface area contributed by atoms with Crippen LogP contribution in [0.25, 0.3) is 16.7 Å². The molecule has 3 N–H and O–H groups in total. The number of carbonyl (C=O) groups excluding carboxylic acids is 1. The summed E-state index contributed by atoms with van der Waals surface area (Å²) in [6.45, 7) is 3.83. The summed E-state index contributed by atoms with van der Waals surface area (Å²) in [5, 5.41) is 9.71. The van der Waals surface area contributed by atoms with E-state index in [1.807, 2.05) is 48.7 Å². The molecule has 1 aliphatic heterocycles. The van der Waals surface area contributed by atoms with Crippen molar-refractivity contribution in [2.45, 2.75) is 25.8 Å². The Morgan fingerprint density at radius 3 is 2.74 bits per heavy atom. The van der Waals surface area contributed by atoms with E-state index in [4.69, 9.17) is 5.73 Å². The van der Waals surface area contributed by atoms with Gasteiger partial charge < -0.3 is 10.8 Å². The topological polar surface area (TPSA) is 96.7 Å². The van der Waals surface area contributed by atoms with Crippen LogP contribution in [0.1, 0.15) is 24.7 Å². The minimum Gasteiger partial charge on any atom is -0.508 e. The van der Waals surface area contributed by atoms with Crippen LogP contribution in [0.15, 0.2) is 47.5 Å². The maximum Gasteiger partial charge on any atom is 0.231 e. The Bertz CT molecular complexity index is 1100. The van der Waals surface area contributed by atoms with E-state index in [9.17, 15) is 9.90 Å². The van der Waals surface area contributed by atoms with Gasteiger partial charge in [0.25, 0.3) is 0 Å². The van der Waals surface area contributed by atoms with Crippen LogP contribution in [0.2, 0.25) is 0 Å². The zero-order valence-corrected chi connectivity index (χ0v) is 15.5. The minimum atomic E-state index is -0.716. The van der Waals surface area contributed by atoms with Gasteiger partial charge in [0.1, 0.15) is 11.6 Å². The fourth-order valence-corrected chi connectivity index (χ4v) is 3.57. The van der Waals surface area contributed by atoms with Gasteiger partial charge in [-0.25, -0.2) is 9.98 Å². The van der Waals surface area contributed by atoms with Gasteiger partial charge in [-0.2, -0.15) is 0 Å². The number of aromatic hydroxyl groups is 1. The Hall–Kier alpha value is -3.35. The Balaban J connectivity index is 1.85. The van der Waals surface area contributed by atoms with Crippen LogP contribution in [-0.4, -0.2) is 38.5 Å². The summed E-state index contributed by atoms with van der Waals surface area (Å²) in [4.78, 5) is 22.8. The molecule has 0 unspecified atom stereocenters. The second-order valence-corrected chi connectivity index (χ2v) is 7.09. The molecule has 1 amide bonds. The van der Waals surface area contributed by atoms with Crippen molar-refractivity contribution >= 4 is 22.9 Å². The molecule has 0 saturated carbocycles. The predicted octanol–water partition coefficient (Wildman–Crippen LogP) is 2.43. The number of aliphatic imine (C=N–C) groups is 1. The molecule has 0 aliphatic carbocycles. The van der Waals surface area contributed by atoms with Gasteiger partial charge in [-0.1, -0.05) is 12.1 Å². The number of guanidine groups is 1. The van der Waals surface area contributed by atoms with E-state index in [1.165, 1.54) is 4.90 Å². The predicted molar refractivity (Wildman–Crippen MR) is 104 cm³/mol. The Labute approximate surface area is 156 Å². The number of nitrogens with two attached hydrogens (primary N) is 1. The van der Waals surface area contributed by atoms with Crippen molar-refractivity contribution in [1.29, 1.82) is 0 Å². The number of aryl methyl sites for hydroxylation is 1. The Kier molecular flexibility index (Phi) is 3.69. The van der Waals surface area contributed by atoms with Gasteiger partial charge in [0, 0.05) is 18.8 Å². The molecule has 1 atom stereocenters. The average Bonchev–Trinajstić information content (AvgIpc) is 2.94. The van der Waals surface area contributed by atoms with Crippen molar-refractivity contribution in [3.8, 4) is 11.4 Å². The zero-order chi connectivity index (χ0) is 19.3. The van der Waals surface area contributed by atoms with Crippen molar-refractivity contribution in [1.82, 2.24) is 14.5 Å². The third kappa shape index (κ3) is 2.71. The van der Waals surface area contributed by atoms with E-state index in [0.717, 1.165) is 28.1 Å². The van der Waals surface area contributed by atoms with Gasteiger partial charge in [-0.3, -0.25) is 14.3 Å².